The van der Waals surface area contributed by atoms with Gasteiger partial charge in [-0.2, -0.15) is 0 Å². The molecule has 1 aromatic carbocycles. The predicted octanol–water partition coefficient (Wildman–Crippen LogP) is 2.04. The number of nitrogens with two attached hydrogens (primary N) is 1. The first-order valence-electron chi connectivity index (χ1n) is 7.12. The van der Waals surface area contributed by atoms with Crippen LogP contribution in [0.3, 0.4) is 0 Å². The van der Waals surface area contributed by atoms with Crippen molar-refractivity contribution in [2.24, 2.45) is 11.7 Å². The van der Waals surface area contributed by atoms with E-state index in [1.165, 1.54) is 0 Å². The minimum Gasteiger partial charge on any atom is -0.465 e. The first kappa shape index (κ1) is 17.2. The molecular weight excluding hydrogens is 270 g/mol. The molecule has 0 aliphatic carbocycles. The Balaban J connectivity index is 2.12. The zero-order valence-corrected chi connectivity index (χ0v) is 12.6. The minimum absolute atomic E-state index is 0.0355. The third-order valence-electron chi connectivity index (χ3n) is 3.00. The lowest BCUT2D eigenvalue weighted by Gasteiger charge is -2.14. The Kier molecular flexibility index (Phi) is 7.46. The van der Waals surface area contributed by atoms with E-state index in [1.54, 1.807) is 0 Å². The fourth-order valence-corrected chi connectivity index (χ4v) is 1.57. The van der Waals surface area contributed by atoms with E-state index in [0.717, 1.165) is 5.56 Å². The first-order valence-corrected chi connectivity index (χ1v) is 7.12. The van der Waals surface area contributed by atoms with Gasteiger partial charge >= 0.3 is 11.9 Å². The number of carbonyl (C=O) groups is 2. The lowest BCUT2D eigenvalue weighted by Crippen LogP contribution is -2.37. The second kappa shape index (κ2) is 9.13. The summed E-state index contributed by atoms with van der Waals surface area (Å²) in [6.45, 7) is 4.15. The van der Waals surface area contributed by atoms with Gasteiger partial charge in [-0.05, 0) is 17.9 Å². The number of esters is 2. The SMILES string of the molecule is CC(C)C(N)C(=O)OCCCC(=O)OCc1ccccc1. The molecule has 1 unspecified atom stereocenters. The van der Waals surface area contributed by atoms with Crippen molar-refractivity contribution in [2.75, 3.05) is 6.61 Å². The molecule has 0 saturated carbocycles. The summed E-state index contributed by atoms with van der Waals surface area (Å²) in [5.41, 5.74) is 6.59. The molecule has 0 aliphatic rings. The zero-order chi connectivity index (χ0) is 15.7. The zero-order valence-electron chi connectivity index (χ0n) is 12.6. The van der Waals surface area contributed by atoms with E-state index in [9.17, 15) is 9.59 Å². The number of rotatable bonds is 8. The average Bonchev–Trinajstić information content (AvgIpc) is 2.49. The molecule has 0 radical (unpaired) electrons. The van der Waals surface area contributed by atoms with Gasteiger partial charge in [0.1, 0.15) is 12.6 Å². The van der Waals surface area contributed by atoms with Gasteiger partial charge in [-0.1, -0.05) is 44.2 Å². The summed E-state index contributed by atoms with van der Waals surface area (Å²) in [7, 11) is 0. The van der Waals surface area contributed by atoms with Crippen LogP contribution < -0.4 is 5.73 Å². The third kappa shape index (κ3) is 6.90. The molecule has 5 heteroatoms. The lowest BCUT2D eigenvalue weighted by molar-refractivity contribution is -0.149. The molecule has 0 bridgehead atoms. The molecule has 1 aromatic rings. The van der Waals surface area contributed by atoms with Crippen molar-refractivity contribution in [1.82, 2.24) is 0 Å². The number of hydrogen-bond donors (Lipinski definition) is 1. The van der Waals surface area contributed by atoms with Crippen LogP contribution in [0, 0.1) is 5.92 Å². The van der Waals surface area contributed by atoms with Gasteiger partial charge in [-0.3, -0.25) is 9.59 Å². The van der Waals surface area contributed by atoms with Crippen LogP contribution >= 0.6 is 0 Å². The second-order valence-corrected chi connectivity index (χ2v) is 5.19. The highest BCUT2D eigenvalue weighted by molar-refractivity contribution is 5.75. The van der Waals surface area contributed by atoms with Crippen LogP contribution in [-0.2, 0) is 25.7 Å². The molecule has 0 aromatic heterocycles. The largest absolute Gasteiger partial charge is 0.465 e. The van der Waals surface area contributed by atoms with E-state index in [-0.39, 0.29) is 31.5 Å². The van der Waals surface area contributed by atoms with Crippen LogP contribution in [0.15, 0.2) is 30.3 Å². The standard InChI is InChI=1S/C16H23NO4/c1-12(2)15(17)16(19)20-10-6-9-14(18)21-11-13-7-4-3-5-8-13/h3-5,7-8,12,15H,6,9-11,17H2,1-2H3. The summed E-state index contributed by atoms with van der Waals surface area (Å²) >= 11 is 0. The van der Waals surface area contributed by atoms with Crippen LogP contribution in [0.5, 0.6) is 0 Å². The van der Waals surface area contributed by atoms with Crippen molar-refractivity contribution in [2.45, 2.75) is 39.3 Å². The molecule has 1 rings (SSSR count). The Bertz CT molecular complexity index is 445. The maximum absolute atomic E-state index is 11.5. The summed E-state index contributed by atoms with van der Waals surface area (Å²) in [4.78, 5) is 23.0. The van der Waals surface area contributed by atoms with Crippen LogP contribution in [0.25, 0.3) is 0 Å². The highest BCUT2D eigenvalue weighted by atomic mass is 16.5. The maximum Gasteiger partial charge on any atom is 0.323 e. The van der Waals surface area contributed by atoms with Crippen LogP contribution in [-0.4, -0.2) is 24.6 Å². The van der Waals surface area contributed by atoms with Gasteiger partial charge in [0.15, 0.2) is 0 Å². The van der Waals surface area contributed by atoms with Gasteiger partial charge in [0.25, 0.3) is 0 Å². The molecule has 0 fully saturated rings. The Morgan fingerprint density at radius 1 is 1.14 bits per heavy atom. The van der Waals surface area contributed by atoms with E-state index in [4.69, 9.17) is 15.2 Å². The van der Waals surface area contributed by atoms with Gasteiger partial charge in [0.05, 0.1) is 6.61 Å². The summed E-state index contributed by atoms with van der Waals surface area (Å²) in [5, 5.41) is 0. The highest BCUT2D eigenvalue weighted by Gasteiger charge is 2.18. The molecule has 2 N–H and O–H groups in total. The summed E-state index contributed by atoms with van der Waals surface area (Å²) < 4.78 is 10.1. The fourth-order valence-electron chi connectivity index (χ4n) is 1.57. The van der Waals surface area contributed by atoms with E-state index in [0.29, 0.717) is 6.42 Å². The summed E-state index contributed by atoms with van der Waals surface area (Å²) in [6.07, 6.45) is 0.654. The molecule has 116 valence electrons. The molecule has 0 heterocycles. The molecule has 5 nitrogen and oxygen atoms in total. The molecule has 0 aliphatic heterocycles. The smallest absolute Gasteiger partial charge is 0.323 e. The number of hydrogen-bond acceptors (Lipinski definition) is 5. The van der Waals surface area contributed by atoms with E-state index in [2.05, 4.69) is 0 Å². The minimum atomic E-state index is -0.616. The third-order valence-corrected chi connectivity index (χ3v) is 3.00. The number of benzene rings is 1. The van der Waals surface area contributed by atoms with Crippen LogP contribution in [0.2, 0.25) is 0 Å². The van der Waals surface area contributed by atoms with Crippen molar-refractivity contribution in [3.05, 3.63) is 35.9 Å². The topological polar surface area (TPSA) is 78.6 Å². The van der Waals surface area contributed by atoms with Crippen molar-refractivity contribution >= 4 is 11.9 Å². The fraction of sp³-hybridized carbons (Fsp3) is 0.500. The van der Waals surface area contributed by atoms with Crippen molar-refractivity contribution in [3.63, 3.8) is 0 Å². The Morgan fingerprint density at radius 3 is 2.43 bits per heavy atom. The van der Waals surface area contributed by atoms with Gasteiger partial charge < -0.3 is 15.2 Å². The first-order chi connectivity index (χ1) is 10.0. The molecule has 21 heavy (non-hydrogen) atoms. The lowest BCUT2D eigenvalue weighted by atomic mass is 10.1. The van der Waals surface area contributed by atoms with E-state index < -0.39 is 12.0 Å². The maximum atomic E-state index is 11.5. The molecular formula is C16H23NO4. The second-order valence-electron chi connectivity index (χ2n) is 5.19. The highest BCUT2D eigenvalue weighted by Crippen LogP contribution is 2.04. The Labute approximate surface area is 125 Å². The molecule has 1 atom stereocenters. The van der Waals surface area contributed by atoms with Gasteiger partial charge in [-0.15, -0.1) is 0 Å². The van der Waals surface area contributed by atoms with Gasteiger partial charge in [0, 0.05) is 6.42 Å². The number of carbonyl (C=O) groups excluding carboxylic acids is 2. The van der Waals surface area contributed by atoms with E-state index >= 15 is 0 Å². The van der Waals surface area contributed by atoms with Gasteiger partial charge in [-0.25, -0.2) is 0 Å². The van der Waals surface area contributed by atoms with Crippen molar-refractivity contribution in [3.8, 4) is 0 Å². The van der Waals surface area contributed by atoms with Crippen molar-refractivity contribution in [1.29, 1.82) is 0 Å². The van der Waals surface area contributed by atoms with Crippen LogP contribution in [0.4, 0.5) is 0 Å². The molecule has 0 saturated heterocycles. The van der Waals surface area contributed by atoms with E-state index in [1.807, 2.05) is 44.2 Å². The monoisotopic (exact) mass is 293 g/mol. The van der Waals surface area contributed by atoms with Gasteiger partial charge in [0.2, 0.25) is 0 Å². The summed E-state index contributed by atoms with van der Waals surface area (Å²) in [5.74, 6) is -0.695. The molecule has 0 spiro atoms. The predicted molar refractivity (Wildman–Crippen MR) is 79.2 cm³/mol. The summed E-state index contributed by atoms with van der Waals surface area (Å²) in [6, 6.07) is 8.85. The normalized spacial score (nSPS) is 12.0. The number of ether oxygens (including phenoxy) is 2. The van der Waals surface area contributed by atoms with Crippen molar-refractivity contribution < 1.29 is 19.1 Å². The Morgan fingerprint density at radius 2 is 1.81 bits per heavy atom. The quantitative estimate of drug-likeness (QED) is 0.586. The van der Waals surface area contributed by atoms with Crippen LogP contribution in [0.1, 0.15) is 32.3 Å². The average molecular weight is 293 g/mol. The molecule has 0 amide bonds. The Hall–Kier alpha value is -1.88.